The molecule has 1 aromatic heterocycles. The molecule has 7 heteroatoms. The average molecular weight is 352 g/mol. The number of nitrogens with one attached hydrogen (secondary N) is 2. The summed E-state index contributed by atoms with van der Waals surface area (Å²) in [6, 6.07) is 11.0. The summed E-state index contributed by atoms with van der Waals surface area (Å²) >= 11 is 12.1. The molecule has 2 heterocycles. The van der Waals surface area contributed by atoms with Gasteiger partial charge in [0.1, 0.15) is 13.1 Å². The molecule has 0 saturated carbocycles. The van der Waals surface area contributed by atoms with Crippen molar-refractivity contribution in [2.75, 3.05) is 36.4 Å². The summed E-state index contributed by atoms with van der Waals surface area (Å²) in [7, 11) is 0. The predicted octanol–water partition coefficient (Wildman–Crippen LogP) is 3.16. The van der Waals surface area contributed by atoms with E-state index in [4.69, 9.17) is 23.2 Å². The van der Waals surface area contributed by atoms with Crippen LogP contribution < -0.4 is 15.2 Å². The second-order valence-corrected chi connectivity index (χ2v) is 6.04. The van der Waals surface area contributed by atoms with E-state index >= 15 is 0 Å². The van der Waals surface area contributed by atoms with Crippen molar-refractivity contribution in [1.82, 2.24) is 4.90 Å². The number of carbonyl (C=O) groups is 1. The van der Waals surface area contributed by atoms with Crippen molar-refractivity contribution in [2.24, 2.45) is 0 Å². The van der Waals surface area contributed by atoms with E-state index in [0.29, 0.717) is 28.8 Å². The Bertz CT molecular complexity index is 688. The number of amides is 2. The average Bonchev–Trinajstić information content (AvgIpc) is 2.60. The Labute approximate surface area is 144 Å². The van der Waals surface area contributed by atoms with E-state index in [1.807, 2.05) is 24.4 Å². The van der Waals surface area contributed by atoms with Crippen LogP contribution in [-0.2, 0) is 0 Å². The number of carbonyl (C=O) groups excluding carboxylic acids is 1. The second kappa shape index (κ2) is 7.06. The number of rotatable bonds is 2. The molecule has 3 rings (SSSR count). The van der Waals surface area contributed by atoms with Gasteiger partial charge in [0, 0.05) is 6.07 Å². The van der Waals surface area contributed by atoms with Crippen LogP contribution in [0.1, 0.15) is 0 Å². The van der Waals surface area contributed by atoms with Crippen LogP contribution in [0.15, 0.2) is 42.6 Å². The molecule has 0 unspecified atom stereocenters. The van der Waals surface area contributed by atoms with Crippen molar-refractivity contribution in [3.63, 3.8) is 0 Å². The number of hydrogen-bond acceptors (Lipinski definition) is 2. The van der Waals surface area contributed by atoms with Crippen molar-refractivity contribution in [3.8, 4) is 0 Å². The lowest BCUT2D eigenvalue weighted by molar-refractivity contribution is -0.364. The molecule has 1 aromatic carbocycles. The zero-order valence-electron chi connectivity index (χ0n) is 12.4. The Morgan fingerprint density at radius 3 is 2.52 bits per heavy atom. The molecule has 0 aliphatic carbocycles. The van der Waals surface area contributed by atoms with Crippen molar-refractivity contribution in [3.05, 3.63) is 52.6 Å². The maximum absolute atomic E-state index is 12.4. The molecule has 2 aromatic rings. The molecule has 0 spiro atoms. The predicted molar refractivity (Wildman–Crippen MR) is 92.3 cm³/mol. The highest BCUT2D eigenvalue weighted by Crippen LogP contribution is 2.29. The van der Waals surface area contributed by atoms with E-state index in [1.54, 1.807) is 23.1 Å². The molecule has 0 atom stereocenters. The van der Waals surface area contributed by atoms with Gasteiger partial charge in [0.05, 0.1) is 35.0 Å². The minimum absolute atomic E-state index is 0.161. The lowest BCUT2D eigenvalue weighted by Crippen LogP contribution is -2.51. The van der Waals surface area contributed by atoms with Crippen LogP contribution in [0.25, 0.3) is 0 Å². The Morgan fingerprint density at radius 1 is 1.04 bits per heavy atom. The van der Waals surface area contributed by atoms with Crippen LogP contribution in [0.3, 0.4) is 0 Å². The van der Waals surface area contributed by atoms with Crippen LogP contribution >= 0.6 is 23.2 Å². The van der Waals surface area contributed by atoms with Crippen LogP contribution in [0.5, 0.6) is 0 Å². The zero-order chi connectivity index (χ0) is 16.2. The van der Waals surface area contributed by atoms with Crippen LogP contribution in [0.4, 0.5) is 16.3 Å². The fourth-order valence-electron chi connectivity index (χ4n) is 2.53. The number of nitrogens with zero attached hydrogens (tertiary/aromatic N) is 2. The van der Waals surface area contributed by atoms with Crippen molar-refractivity contribution < 1.29 is 9.78 Å². The van der Waals surface area contributed by atoms with E-state index in [1.165, 1.54) is 0 Å². The number of hydrogen-bond donors (Lipinski definition) is 1. The first-order chi connectivity index (χ1) is 11.1. The summed E-state index contributed by atoms with van der Waals surface area (Å²) in [4.78, 5) is 19.6. The highest BCUT2D eigenvalue weighted by Gasteiger charge is 2.26. The lowest BCUT2D eigenvalue weighted by atomic mass is 10.3. The quantitative estimate of drug-likeness (QED) is 0.903. The minimum Gasteiger partial charge on any atom is -0.317 e. The summed E-state index contributed by atoms with van der Waals surface area (Å²) in [6.07, 6.45) is 1.90. The van der Waals surface area contributed by atoms with Gasteiger partial charge in [0.15, 0.2) is 0 Å². The molecular formula is C16H17Cl2N4O+. The summed E-state index contributed by atoms with van der Waals surface area (Å²) in [6.45, 7) is 2.84. The van der Waals surface area contributed by atoms with Crippen LogP contribution in [-0.4, -0.2) is 37.1 Å². The van der Waals surface area contributed by atoms with Gasteiger partial charge in [-0.2, -0.15) is 0 Å². The number of halogens is 2. The van der Waals surface area contributed by atoms with E-state index < -0.39 is 0 Å². The first-order valence-electron chi connectivity index (χ1n) is 7.37. The molecule has 5 nitrogen and oxygen atoms in total. The molecule has 1 aliphatic heterocycles. The summed E-state index contributed by atoms with van der Waals surface area (Å²) in [5, 5.41) is 3.61. The Balaban J connectivity index is 1.59. The van der Waals surface area contributed by atoms with Gasteiger partial charge in [-0.15, -0.1) is 0 Å². The van der Waals surface area contributed by atoms with Gasteiger partial charge in [-0.05, 0) is 18.2 Å². The molecule has 2 N–H and O–H groups in total. The maximum atomic E-state index is 12.4. The topological polar surface area (TPSA) is 49.7 Å². The first kappa shape index (κ1) is 15.9. The van der Waals surface area contributed by atoms with Crippen molar-refractivity contribution in [1.29, 1.82) is 0 Å². The molecule has 23 heavy (non-hydrogen) atoms. The molecule has 1 saturated heterocycles. The highest BCUT2D eigenvalue weighted by molar-refractivity contribution is 6.43. The number of anilines is 2. The third-order valence-electron chi connectivity index (χ3n) is 3.79. The summed E-state index contributed by atoms with van der Waals surface area (Å²) in [5.74, 6) is 1.06. The number of aromatic nitrogens is 1. The normalized spacial score (nSPS) is 14.7. The monoisotopic (exact) mass is 351 g/mol. The fraction of sp³-hybridized carbons (Fsp3) is 0.250. The van der Waals surface area contributed by atoms with Gasteiger partial charge < -0.3 is 10.2 Å². The molecule has 1 fully saturated rings. The molecular weight excluding hydrogens is 335 g/mol. The molecule has 0 bridgehead atoms. The summed E-state index contributed by atoms with van der Waals surface area (Å²) in [5.41, 5.74) is 0.531. The number of urea groups is 1. The highest BCUT2D eigenvalue weighted by atomic mass is 35.5. The van der Waals surface area contributed by atoms with E-state index in [0.717, 1.165) is 18.9 Å². The van der Waals surface area contributed by atoms with Crippen molar-refractivity contribution >= 4 is 40.7 Å². The van der Waals surface area contributed by atoms with E-state index in [-0.39, 0.29) is 6.03 Å². The largest absolute Gasteiger partial charge is 0.322 e. The van der Waals surface area contributed by atoms with Gasteiger partial charge in [0.2, 0.25) is 0 Å². The van der Waals surface area contributed by atoms with Gasteiger partial charge in [-0.25, -0.2) is 9.78 Å². The van der Waals surface area contributed by atoms with Crippen LogP contribution in [0.2, 0.25) is 10.0 Å². The Hall–Kier alpha value is -1.98. The molecule has 2 amide bonds. The Morgan fingerprint density at radius 2 is 1.83 bits per heavy atom. The molecule has 0 radical (unpaired) electrons. The minimum atomic E-state index is -0.161. The zero-order valence-corrected chi connectivity index (χ0v) is 13.9. The lowest BCUT2D eigenvalue weighted by Gasteiger charge is -2.31. The van der Waals surface area contributed by atoms with Gasteiger partial charge in [0.25, 0.3) is 5.82 Å². The number of piperazine rings is 1. The number of H-pyrrole nitrogens is 1. The number of benzene rings is 1. The van der Waals surface area contributed by atoms with Crippen molar-refractivity contribution in [2.45, 2.75) is 0 Å². The summed E-state index contributed by atoms with van der Waals surface area (Å²) < 4.78 is 0. The fourth-order valence-corrected chi connectivity index (χ4v) is 2.87. The maximum Gasteiger partial charge on any atom is 0.322 e. The van der Waals surface area contributed by atoms with Gasteiger partial charge in [-0.3, -0.25) is 4.90 Å². The number of pyridine rings is 1. The second-order valence-electron chi connectivity index (χ2n) is 5.25. The van der Waals surface area contributed by atoms with Gasteiger partial charge >= 0.3 is 6.03 Å². The van der Waals surface area contributed by atoms with E-state index in [9.17, 15) is 4.79 Å². The number of aromatic amines is 1. The Kier molecular flexibility index (Phi) is 4.88. The first-order valence-corrected chi connectivity index (χ1v) is 8.12. The smallest absolute Gasteiger partial charge is 0.317 e. The third kappa shape index (κ3) is 3.68. The van der Waals surface area contributed by atoms with E-state index in [2.05, 4.69) is 15.2 Å². The molecule has 1 aliphatic rings. The SMILES string of the molecule is O=C(Nc1cccc(Cl)c1Cl)N1CCN(c2cccc[nH+]2)CC1. The van der Waals surface area contributed by atoms with Gasteiger partial charge in [-0.1, -0.05) is 35.3 Å². The third-order valence-corrected chi connectivity index (χ3v) is 4.61. The van der Waals surface area contributed by atoms with Crippen LogP contribution in [0, 0.1) is 0 Å². The standard InChI is InChI=1S/C16H16Cl2N4O/c17-12-4-3-5-13(15(12)18)20-16(23)22-10-8-21(9-11-22)14-6-1-2-7-19-14/h1-7H,8-11H2,(H,20,23)/p+1. The molecule has 120 valence electrons.